The number of rotatable bonds is 5. The van der Waals surface area contributed by atoms with Crippen molar-refractivity contribution < 1.29 is 14.4 Å². The summed E-state index contributed by atoms with van der Waals surface area (Å²) in [6.45, 7) is 3.77. The van der Waals surface area contributed by atoms with Crippen LogP contribution in [-0.2, 0) is 11.2 Å². The molecule has 2 rings (SSSR count). The van der Waals surface area contributed by atoms with Gasteiger partial charge in [0.15, 0.2) is 0 Å². The van der Waals surface area contributed by atoms with Gasteiger partial charge in [-0.05, 0) is 39.5 Å². The average molecular weight is 252 g/mol. The first-order valence-electron chi connectivity index (χ1n) is 6.40. The molecule has 0 aromatic carbocycles. The fraction of sp³-hybridized carbons (Fsp3) is 0.692. The molecule has 1 aromatic rings. The normalized spacial score (nSPS) is 17.3. The van der Waals surface area contributed by atoms with Crippen molar-refractivity contribution in [3.8, 4) is 0 Å². The molecule has 18 heavy (non-hydrogen) atoms. The van der Waals surface area contributed by atoms with E-state index in [-0.39, 0.29) is 18.1 Å². The summed E-state index contributed by atoms with van der Waals surface area (Å²) < 4.78 is 5.06. The lowest BCUT2D eigenvalue weighted by molar-refractivity contribution is -0.125. The van der Waals surface area contributed by atoms with Gasteiger partial charge in [0.2, 0.25) is 5.91 Å². The van der Waals surface area contributed by atoms with E-state index in [1.54, 1.807) is 0 Å². The molecular formula is C13H20N2O3. The molecule has 0 spiro atoms. The topological polar surface area (TPSA) is 75.4 Å². The maximum atomic E-state index is 11.9. The number of hydrogen-bond acceptors (Lipinski definition) is 4. The van der Waals surface area contributed by atoms with Crippen LogP contribution >= 0.6 is 0 Å². The number of carbonyl (C=O) groups excluding carboxylic acids is 1. The van der Waals surface area contributed by atoms with Crippen molar-refractivity contribution in [1.82, 2.24) is 10.5 Å². The molecule has 0 bridgehead atoms. The number of nitrogens with zero attached hydrogens (tertiary/aromatic N) is 1. The summed E-state index contributed by atoms with van der Waals surface area (Å²) in [7, 11) is 0. The van der Waals surface area contributed by atoms with E-state index < -0.39 is 0 Å². The smallest absolute Gasteiger partial charge is 0.220 e. The van der Waals surface area contributed by atoms with Crippen molar-refractivity contribution in [2.24, 2.45) is 0 Å². The average Bonchev–Trinajstić information content (AvgIpc) is 2.61. The second-order valence-electron chi connectivity index (χ2n) is 5.14. The third-order valence-electron chi connectivity index (χ3n) is 3.80. The van der Waals surface area contributed by atoms with Crippen LogP contribution in [0.5, 0.6) is 0 Å². The number of aliphatic hydroxyl groups excluding tert-OH is 1. The number of aryl methyl sites for hydroxylation is 2. The minimum Gasteiger partial charge on any atom is -0.394 e. The van der Waals surface area contributed by atoms with Crippen LogP contribution in [0.3, 0.4) is 0 Å². The van der Waals surface area contributed by atoms with Crippen molar-refractivity contribution >= 4 is 5.91 Å². The molecule has 1 saturated carbocycles. The lowest BCUT2D eigenvalue weighted by Gasteiger charge is -2.41. The van der Waals surface area contributed by atoms with Gasteiger partial charge in [-0.1, -0.05) is 5.16 Å². The van der Waals surface area contributed by atoms with Gasteiger partial charge in [-0.2, -0.15) is 0 Å². The number of hydrogen-bond donors (Lipinski definition) is 2. The molecule has 0 saturated heterocycles. The summed E-state index contributed by atoms with van der Waals surface area (Å²) in [4.78, 5) is 11.9. The Hall–Kier alpha value is -1.36. The van der Waals surface area contributed by atoms with Gasteiger partial charge in [-0.25, -0.2) is 0 Å². The molecule has 5 heteroatoms. The highest BCUT2D eigenvalue weighted by atomic mass is 16.5. The number of amides is 1. The summed E-state index contributed by atoms with van der Waals surface area (Å²) in [6.07, 6.45) is 3.87. The molecule has 1 heterocycles. The van der Waals surface area contributed by atoms with Crippen LogP contribution in [0, 0.1) is 13.8 Å². The number of aromatic nitrogens is 1. The van der Waals surface area contributed by atoms with Gasteiger partial charge >= 0.3 is 0 Å². The molecule has 1 aliphatic rings. The van der Waals surface area contributed by atoms with Crippen LogP contribution in [0.15, 0.2) is 4.52 Å². The van der Waals surface area contributed by atoms with Gasteiger partial charge in [-0.3, -0.25) is 4.79 Å². The Morgan fingerprint density at radius 3 is 2.67 bits per heavy atom. The van der Waals surface area contributed by atoms with E-state index in [1.807, 2.05) is 13.8 Å². The third-order valence-corrected chi connectivity index (χ3v) is 3.80. The number of nitrogens with one attached hydrogen (secondary N) is 1. The van der Waals surface area contributed by atoms with E-state index in [0.717, 1.165) is 36.3 Å². The maximum Gasteiger partial charge on any atom is 0.220 e. The Morgan fingerprint density at radius 2 is 2.22 bits per heavy atom. The number of aliphatic hydroxyl groups is 1. The van der Waals surface area contributed by atoms with E-state index >= 15 is 0 Å². The third kappa shape index (κ3) is 2.56. The zero-order valence-electron chi connectivity index (χ0n) is 11.0. The first kappa shape index (κ1) is 13.1. The monoisotopic (exact) mass is 252 g/mol. The first-order valence-corrected chi connectivity index (χ1v) is 6.40. The van der Waals surface area contributed by atoms with Gasteiger partial charge in [0, 0.05) is 12.0 Å². The Bertz CT molecular complexity index is 410. The summed E-state index contributed by atoms with van der Waals surface area (Å²) >= 11 is 0. The van der Waals surface area contributed by atoms with Crippen LogP contribution in [0.4, 0.5) is 0 Å². The quantitative estimate of drug-likeness (QED) is 0.827. The van der Waals surface area contributed by atoms with Crippen molar-refractivity contribution in [2.75, 3.05) is 6.61 Å². The molecule has 1 fully saturated rings. The zero-order chi connectivity index (χ0) is 13.2. The lowest BCUT2D eigenvalue weighted by atomic mass is 9.77. The fourth-order valence-corrected chi connectivity index (χ4v) is 2.38. The molecule has 2 N–H and O–H groups in total. The van der Waals surface area contributed by atoms with E-state index in [9.17, 15) is 9.90 Å². The second kappa shape index (κ2) is 5.10. The van der Waals surface area contributed by atoms with Crippen LogP contribution in [0.1, 0.15) is 42.7 Å². The summed E-state index contributed by atoms with van der Waals surface area (Å²) in [5.74, 6) is 0.768. The molecule has 0 unspecified atom stereocenters. The molecule has 0 atom stereocenters. The minimum absolute atomic E-state index is 0.0104. The number of carbonyl (C=O) groups is 1. The van der Waals surface area contributed by atoms with Crippen LogP contribution < -0.4 is 5.32 Å². The predicted octanol–water partition coefficient (Wildman–Crippen LogP) is 1.26. The SMILES string of the molecule is Cc1noc(C)c1CCC(=O)NC1(CO)CCC1. The molecule has 100 valence electrons. The van der Waals surface area contributed by atoms with E-state index in [1.165, 1.54) is 0 Å². The maximum absolute atomic E-state index is 11.9. The molecule has 1 amide bonds. The molecule has 0 aliphatic heterocycles. The van der Waals surface area contributed by atoms with Crippen LogP contribution in [0.25, 0.3) is 0 Å². The van der Waals surface area contributed by atoms with Gasteiger partial charge in [0.25, 0.3) is 0 Å². The fourth-order valence-electron chi connectivity index (χ4n) is 2.38. The highest BCUT2D eigenvalue weighted by Gasteiger charge is 2.37. The second-order valence-corrected chi connectivity index (χ2v) is 5.14. The van der Waals surface area contributed by atoms with Crippen molar-refractivity contribution in [3.05, 3.63) is 17.0 Å². The molecule has 1 aliphatic carbocycles. The van der Waals surface area contributed by atoms with Gasteiger partial charge < -0.3 is 14.9 Å². The lowest BCUT2D eigenvalue weighted by Crippen LogP contribution is -2.56. The molecule has 1 aromatic heterocycles. The summed E-state index contributed by atoms with van der Waals surface area (Å²) in [5, 5.41) is 16.1. The molecule has 0 radical (unpaired) electrons. The van der Waals surface area contributed by atoms with Crippen molar-refractivity contribution in [3.63, 3.8) is 0 Å². The zero-order valence-corrected chi connectivity index (χ0v) is 11.0. The standard InChI is InChI=1S/C13H20N2O3/c1-9-11(10(2)18-15-9)4-5-12(17)14-13(8-16)6-3-7-13/h16H,3-8H2,1-2H3,(H,14,17). The highest BCUT2D eigenvalue weighted by molar-refractivity contribution is 5.77. The van der Waals surface area contributed by atoms with Crippen molar-refractivity contribution in [2.45, 2.75) is 51.5 Å². The highest BCUT2D eigenvalue weighted by Crippen LogP contribution is 2.31. The van der Waals surface area contributed by atoms with E-state index in [2.05, 4.69) is 10.5 Å². The predicted molar refractivity (Wildman–Crippen MR) is 66.1 cm³/mol. The van der Waals surface area contributed by atoms with Crippen LogP contribution in [0.2, 0.25) is 0 Å². The van der Waals surface area contributed by atoms with E-state index in [4.69, 9.17) is 4.52 Å². The first-order chi connectivity index (χ1) is 8.56. The Morgan fingerprint density at radius 1 is 1.50 bits per heavy atom. The molecular weight excluding hydrogens is 232 g/mol. The van der Waals surface area contributed by atoms with Gasteiger partial charge in [0.05, 0.1) is 17.8 Å². The largest absolute Gasteiger partial charge is 0.394 e. The minimum atomic E-state index is -0.351. The Labute approximate surface area is 107 Å². The van der Waals surface area contributed by atoms with E-state index in [0.29, 0.717) is 12.8 Å². The summed E-state index contributed by atoms with van der Waals surface area (Å²) in [5.41, 5.74) is 1.51. The van der Waals surface area contributed by atoms with Gasteiger partial charge in [-0.15, -0.1) is 0 Å². The Kier molecular flexibility index (Phi) is 3.71. The Balaban J connectivity index is 1.85. The molecule has 5 nitrogen and oxygen atoms in total. The van der Waals surface area contributed by atoms with Gasteiger partial charge in [0.1, 0.15) is 5.76 Å². The summed E-state index contributed by atoms with van der Waals surface area (Å²) in [6, 6.07) is 0. The van der Waals surface area contributed by atoms with Crippen LogP contribution in [-0.4, -0.2) is 28.3 Å². The van der Waals surface area contributed by atoms with Crippen molar-refractivity contribution in [1.29, 1.82) is 0 Å².